The minimum Gasteiger partial charge on any atom is -0.493 e. The molecule has 0 aliphatic heterocycles. The van der Waals surface area contributed by atoms with E-state index < -0.39 is 22.8 Å². The van der Waals surface area contributed by atoms with Crippen LogP contribution in [-0.4, -0.2) is 76.7 Å². The number of methoxy groups -OCH3 is 2. The maximum Gasteiger partial charge on any atom is 0.416 e. The summed E-state index contributed by atoms with van der Waals surface area (Å²) in [7, 11) is 6.06. The molecule has 5 aromatic rings. The molecule has 0 aliphatic carbocycles. The van der Waals surface area contributed by atoms with Crippen LogP contribution in [0.2, 0.25) is 5.02 Å². The van der Waals surface area contributed by atoms with Gasteiger partial charge in [-0.15, -0.1) is 0 Å². The summed E-state index contributed by atoms with van der Waals surface area (Å²) in [5, 5.41) is 17.3. The van der Waals surface area contributed by atoms with Crippen LogP contribution in [0, 0.1) is 10.8 Å². The molecule has 0 saturated carbocycles. The van der Waals surface area contributed by atoms with Gasteiger partial charge in [-0.25, -0.2) is 14.3 Å². The third-order valence-corrected chi connectivity index (χ3v) is 8.77. The number of hydrogen-bond donors (Lipinski definition) is 3. The summed E-state index contributed by atoms with van der Waals surface area (Å²) >= 11 is 6.37. The fraction of sp³-hybridized carbons (Fsp3) is 0.368. The van der Waals surface area contributed by atoms with Crippen LogP contribution < -0.4 is 20.1 Å². The lowest BCUT2D eigenvalue weighted by Gasteiger charge is -2.20. The van der Waals surface area contributed by atoms with E-state index >= 15 is 0 Å². The van der Waals surface area contributed by atoms with E-state index in [1.807, 2.05) is 0 Å². The highest BCUT2D eigenvalue weighted by Gasteiger charge is 2.30. The van der Waals surface area contributed by atoms with Crippen LogP contribution in [0.4, 0.5) is 16.6 Å². The van der Waals surface area contributed by atoms with Crippen LogP contribution >= 0.6 is 11.6 Å². The Morgan fingerprint density at radius 3 is 2.15 bits per heavy atom. The standard InChI is InChI=1S/C38H43ClN6O8/c1-37(2,3)33(47)41-31-20(18-40-35(42-31)43-34(48)38(4,5)6)13-19-14-27(51-9)30(52-10)29-23(19)16-22(53-29)17-25-24-15-21(39)11-12-26(24)45(36(49)50)28(25)32(46)44(7)8/h11-12,14-16,18H,13,17H2,1-10H3,(H,49,50)(H2,40,41,42,43,47,48). The van der Waals surface area contributed by atoms with Crippen LogP contribution in [0.1, 0.15) is 74.5 Å². The average Bonchev–Trinajstić information content (AvgIpc) is 3.63. The predicted molar refractivity (Wildman–Crippen MR) is 202 cm³/mol. The summed E-state index contributed by atoms with van der Waals surface area (Å²) in [4.78, 5) is 62.3. The molecule has 0 atom stereocenters. The van der Waals surface area contributed by atoms with Crippen LogP contribution in [0.25, 0.3) is 21.9 Å². The second-order valence-electron chi connectivity index (χ2n) is 14.9. The van der Waals surface area contributed by atoms with E-state index in [9.17, 15) is 24.3 Å². The molecule has 0 fully saturated rings. The average molecular weight is 747 g/mol. The van der Waals surface area contributed by atoms with Gasteiger partial charge in [0.25, 0.3) is 5.91 Å². The third kappa shape index (κ3) is 7.77. The van der Waals surface area contributed by atoms with E-state index in [0.717, 1.165) is 4.57 Å². The Morgan fingerprint density at radius 2 is 1.57 bits per heavy atom. The number of ether oxygens (including phenoxy) is 2. The molecule has 0 unspecified atom stereocenters. The number of carbonyl (C=O) groups excluding carboxylic acids is 3. The SMILES string of the molecule is COc1cc(Cc2cnc(NC(=O)C(C)(C)C)nc2NC(=O)C(C)(C)C)c2cc(Cc3c(C(=O)N(C)C)n(C(=O)O)c4ccc(Cl)cc34)oc2c1OC. The van der Waals surface area contributed by atoms with Crippen molar-refractivity contribution in [1.29, 1.82) is 0 Å². The lowest BCUT2D eigenvalue weighted by atomic mass is 9.95. The minimum atomic E-state index is -1.33. The van der Waals surface area contributed by atoms with Crippen molar-refractivity contribution >= 4 is 69.1 Å². The van der Waals surface area contributed by atoms with Gasteiger partial charge in [0.15, 0.2) is 11.3 Å². The smallest absolute Gasteiger partial charge is 0.416 e. The Bertz CT molecular complexity index is 2280. The summed E-state index contributed by atoms with van der Waals surface area (Å²) in [5.41, 5.74) is 0.756. The number of amides is 3. The highest BCUT2D eigenvalue weighted by Crippen LogP contribution is 2.42. The van der Waals surface area contributed by atoms with Crippen LogP contribution in [0.15, 0.2) is 40.9 Å². The zero-order valence-corrected chi connectivity index (χ0v) is 32.1. The van der Waals surface area contributed by atoms with Gasteiger partial charge in [0.05, 0.1) is 19.7 Å². The maximum atomic E-state index is 13.5. The lowest BCUT2D eigenvalue weighted by molar-refractivity contribution is -0.123. The van der Waals surface area contributed by atoms with Crippen molar-refractivity contribution in [3.05, 3.63) is 69.7 Å². The third-order valence-electron chi connectivity index (χ3n) is 8.54. The summed E-state index contributed by atoms with van der Waals surface area (Å²) in [6.07, 6.45) is 0.412. The first-order chi connectivity index (χ1) is 24.7. The number of carboxylic acid groups (broad SMARTS) is 1. The van der Waals surface area contributed by atoms with Gasteiger partial charge in [-0.05, 0) is 41.5 Å². The van der Waals surface area contributed by atoms with Gasteiger partial charge in [0, 0.05) is 65.3 Å². The summed E-state index contributed by atoms with van der Waals surface area (Å²) in [6, 6.07) is 8.31. The molecule has 3 aromatic heterocycles. The van der Waals surface area contributed by atoms with E-state index in [1.165, 1.54) is 25.3 Å². The summed E-state index contributed by atoms with van der Waals surface area (Å²) < 4.78 is 18.8. The lowest BCUT2D eigenvalue weighted by Crippen LogP contribution is -2.30. The molecular weight excluding hydrogens is 704 g/mol. The van der Waals surface area contributed by atoms with Crippen molar-refractivity contribution in [2.45, 2.75) is 54.4 Å². The van der Waals surface area contributed by atoms with Crippen LogP contribution in [-0.2, 0) is 22.4 Å². The normalized spacial score (nSPS) is 11.8. The van der Waals surface area contributed by atoms with Gasteiger partial charge in [-0.3, -0.25) is 19.7 Å². The molecule has 15 heteroatoms. The number of furan rings is 1. The first-order valence-electron chi connectivity index (χ1n) is 16.7. The van der Waals surface area contributed by atoms with Crippen LogP contribution in [0.3, 0.4) is 0 Å². The molecule has 0 radical (unpaired) electrons. The molecule has 3 amide bonds. The monoisotopic (exact) mass is 746 g/mol. The van der Waals surface area contributed by atoms with Gasteiger partial charge in [0.2, 0.25) is 23.5 Å². The zero-order valence-electron chi connectivity index (χ0n) is 31.4. The Labute approximate surface area is 311 Å². The first-order valence-corrected chi connectivity index (χ1v) is 17.1. The Morgan fingerprint density at radius 1 is 0.906 bits per heavy atom. The number of nitrogens with one attached hydrogen (secondary N) is 2. The van der Waals surface area contributed by atoms with Crippen molar-refractivity contribution in [2.24, 2.45) is 10.8 Å². The molecule has 3 N–H and O–H groups in total. The van der Waals surface area contributed by atoms with E-state index in [0.29, 0.717) is 60.8 Å². The molecule has 0 aliphatic rings. The number of hydrogen-bond acceptors (Lipinski definition) is 9. The number of anilines is 2. The number of halogens is 1. The predicted octanol–water partition coefficient (Wildman–Crippen LogP) is 7.23. The highest BCUT2D eigenvalue weighted by atomic mass is 35.5. The molecule has 0 bridgehead atoms. The van der Waals surface area contributed by atoms with E-state index in [2.05, 4.69) is 20.6 Å². The first kappa shape index (κ1) is 38.6. The molecule has 3 heterocycles. The number of fused-ring (bicyclic) bond motifs is 2. The van der Waals surface area contributed by atoms with Gasteiger partial charge < -0.3 is 29.2 Å². The number of nitrogens with zero attached hydrogens (tertiary/aromatic N) is 4. The van der Waals surface area contributed by atoms with Crippen molar-refractivity contribution in [3.63, 3.8) is 0 Å². The number of rotatable bonds is 9. The largest absolute Gasteiger partial charge is 0.493 e. The summed E-state index contributed by atoms with van der Waals surface area (Å²) in [5.74, 6) is 0.207. The number of benzene rings is 2. The molecule has 0 spiro atoms. The quantitative estimate of drug-likeness (QED) is 0.139. The Hall–Kier alpha value is -5.63. The molecule has 5 rings (SSSR count). The van der Waals surface area contributed by atoms with Crippen molar-refractivity contribution in [2.75, 3.05) is 38.9 Å². The maximum absolute atomic E-state index is 13.5. The van der Waals surface area contributed by atoms with Gasteiger partial charge >= 0.3 is 6.09 Å². The number of carbonyl (C=O) groups is 4. The highest BCUT2D eigenvalue weighted by molar-refractivity contribution is 6.31. The molecule has 2 aromatic carbocycles. The zero-order chi connectivity index (χ0) is 39.2. The summed E-state index contributed by atoms with van der Waals surface area (Å²) in [6.45, 7) is 10.6. The Kier molecular flexibility index (Phi) is 10.5. The van der Waals surface area contributed by atoms with E-state index in [4.69, 9.17) is 25.5 Å². The van der Waals surface area contributed by atoms with Crippen molar-refractivity contribution in [3.8, 4) is 11.5 Å². The second kappa shape index (κ2) is 14.4. The fourth-order valence-corrected chi connectivity index (χ4v) is 5.82. The molecule has 14 nitrogen and oxygen atoms in total. The van der Waals surface area contributed by atoms with Gasteiger partial charge in [-0.1, -0.05) is 53.1 Å². The topological polar surface area (TPSA) is 178 Å². The number of aromatic nitrogens is 3. The van der Waals surface area contributed by atoms with Crippen molar-refractivity contribution in [1.82, 2.24) is 19.4 Å². The molecular formula is C38H43ClN6O8. The molecule has 280 valence electrons. The van der Waals surface area contributed by atoms with E-state index in [1.54, 1.807) is 86.0 Å². The fourth-order valence-electron chi connectivity index (χ4n) is 5.65. The van der Waals surface area contributed by atoms with Crippen molar-refractivity contribution < 1.29 is 38.2 Å². The van der Waals surface area contributed by atoms with E-state index in [-0.39, 0.29) is 42.1 Å². The molecule has 0 saturated heterocycles. The minimum absolute atomic E-state index is 0.0177. The van der Waals surface area contributed by atoms with Gasteiger partial charge in [-0.2, -0.15) is 4.98 Å². The molecule has 53 heavy (non-hydrogen) atoms. The Balaban J connectivity index is 1.68. The van der Waals surface area contributed by atoms with Crippen LogP contribution in [0.5, 0.6) is 11.5 Å². The second-order valence-corrected chi connectivity index (χ2v) is 15.3. The van der Waals surface area contributed by atoms with Gasteiger partial charge in [0.1, 0.15) is 17.3 Å².